The smallest absolute Gasteiger partial charge is 0.157 e. The third-order valence-corrected chi connectivity index (χ3v) is 1.55. The van der Waals surface area contributed by atoms with Crippen LogP contribution in [0.4, 0.5) is 0 Å². The van der Waals surface area contributed by atoms with Crippen molar-refractivity contribution in [1.82, 2.24) is 0 Å². The van der Waals surface area contributed by atoms with Gasteiger partial charge in [-0.2, -0.15) is 0 Å². The van der Waals surface area contributed by atoms with Gasteiger partial charge < -0.3 is 14.9 Å². The van der Waals surface area contributed by atoms with E-state index in [1.54, 1.807) is 12.2 Å². The first-order valence-electron chi connectivity index (χ1n) is 4.44. The zero-order valence-electron chi connectivity index (χ0n) is 7.85. The summed E-state index contributed by atoms with van der Waals surface area (Å²) in [5.41, 5.74) is 0. The quantitative estimate of drug-likeness (QED) is 0.447. The maximum Gasteiger partial charge on any atom is 0.157 e. The Labute approximate surface area is 79.3 Å². The fourth-order valence-electron chi connectivity index (χ4n) is 0.838. The number of allylic oxidation sites excluding steroid dienone is 2. The molecular weight excluding hydrogens is 168 g/mol. The fourth-order valence-corrected chi connectivity index (χ4v) is 0.838. The first-order chi connectivity index (χ1) is 6.20. The molecule has 0 aromatic heterocycles. The summed E-state index contributed by atoms with van der Waals surface area (Å²) in [6.07, 6.45) is 3.87. The second-order valence-corrected chi connectivity index (χ2v) is 2.78. The molecule has 3 nitrogen and oxygen atoms in total. The predicted octanol–water partition coefficient (Wildman–Crippen LogP) is 1.57. The topological polar surface area (TPSA) is 49.7 Å². The number of aliphatic hydroxyl groups is 2. The van der Waals surface area contributed by atoms with E-state index in [2.05, 4.69) is 13.2 Å². The highest BCUT2D eigenvalue weighted by Crippen LogP contribution is 2.06. The van der Waals surface area contributed by atoms with Crippen molar-refractivity contribution in [2.24, 2.45) is 0 Å². The molecule has 2 N–H and O–H groups in total. The molecule has 0 aromatic rings. The molecule has 2 unspecified atom stereocenters. The van der Waals surface area contributed by atoms with Crippen molar-refractivity contribution in [2.75, 3.05) is 0 Å². The molecule has 0 radical (unpaired) electrons. The van der Waals surface area contributed by atoms with Gasteiger partial charge in [-0.05, 0) is 12.8 Å². The molecule has 0 aromatic carbocycles. The van der Waals surface area contributed by atoms with Crippen LogP contribution < -0.4 is 0 Å². The Bertz CT molecular complexity index is 129. The summed E-state index contributed by atoms with van der Waals surface area (Å²) in [5, 5.41) is 18.4. The molecule has 13 heavy (non-hydrogen) atoms. The van der Waals surface area contributed by atoms with E-state index in [9.17, 15) is 10.2 Å². The summed E-state index contributed by atoms with van der Waals surface area (Å²) in [6, 6.07) is 0. The van der Waals surface area contributed by atoms with E-state index in [-0.39, 0.29) is 0 Å². The van der Waals surface area contributed by atoms with Crippen molar-refractivity contribution in [1.29, 1.82) is 0 Å². The molecule has 0 bridgehead atoms. The maximum absolute atomic E-state index is 9.19. The first-order valence-corrected chi connectivity index (χ1v) is 4.44. The zero-order chi connectivity index (χ0) is 10.1. The lowest BCUT2D eigenvalue weighted by Gasteiger charge is -2.15. The van der Waals surface area contributed by atoms with Gasteiger partial charge in [-0.25, -0.2) is 0 Å². The van der Waals surface area contributed by atoms with Crippen LogP contribution >= 0.6 is 0 Å². The molecule has 0 amide bonds. The van der Waals surface area contributed by atoms with E-state index in [0.29, 0.717) is 25.7 Å². The summed E-state index contributed by atoms with van der Waals surface area (Å²) >= 11 is 0. The van der Waals surface area contributed by atoms with Crippen LogP contribution in [0.5, 0.6) is 0 Å². The molecule has 0 saturated heterocycles. The van der Waals surface area contributed by atoms with Crippen LogP contribution in [0, 0.1) is 0 Å². The number of hydrogen-bond acceptors (Lipinski definition) is 3. The highest BCUT2D eigenvalue weighted by Gasteiger charge is 2.09. The molecule has 0 spiro atoms. The average Bonchev–Trinajstić information content (AvgIpc) is 2.11. The molecule has 0 aliphatic rings. The minimum Gasteiger partial charge on any atom is -0.368 e. The van der Waals surface area contributed by atoms with Crippen LogP contribution in [0.3, 0.4) is 0 Å². The van der Waals surface area contributed by atoms with Gasteiger partial charge in [-0.3, -0.25) is 0 Å². The van der Waals surface area contributed by atoms with E-state index >= 15 is 0 Å². The molecule has 0 aliphatic heterocycles. The first kappa shape index (κ1) is 12.4. The van der Waals surface area contributed by atoms with E-state index < -0.39 is 12.6 Å². The van der Waals surface area contributed by atoms with Gasteiger partial charge in [0.15, 0.2) is 12.6 Å². The highest BCUT2D eigenvalue weighted by atomic mass is 16.7. The molecule has 0 fully saturated rings. The number of hydrogen-bond donors (Lipinski definition) is 2. The Morgan fingerprint density at radius 1 is 1.00 bits per heavy atom. The van der Waals surface area contributed by atoms with E-state index in [1.165, 1.54) is 0 Å². The normalized spacial score (nSPS) is 14.9. The van der Waals surface area contributed by atoms with Crippen molar-refractivity contribution >= 4 is 0 Å². The SMILES string of the molecule is C=CCCC(O)OC(O)CCC=C. The Hall–Kier alpha value is -0.640. The lowest BCUT2D eigenvalue weighted by Crippen LogP contribution is -2.21. The zero-order valence-corrected chi connectivity index (χ0v) is 7.85. The van der Waals surface area contributed by atoms with Gasteiger partial charge in [0.25, 0.3) is 0 Å². The average molecular weight is 186 g/mol. The van der Waals surface area contributed by atoms with Gasteiger partial charge >= 0.3 is 0 Å². The van der Waals surface area contributed by atoms with E-state index in [1.807, 2.05) is 0 Å². The maximum atomic E-state index is 9.19. The lowest BCUT2D eigenvalue weighted by molar-refractivity contribution is -0.210. The van der Waals surface area contributed by atoms with Gasteiger partial charge in [-0.15, -0.1) is 13.2 Å². The molecule has 0 heterocycles. The van der Waals surface area contributed by atoms with Crippen LogP contribution in [0.2, 0.25) is 0 Å². The second kappa shape index (κ2) is 7.98. The number of ether oxygens (including phenoxy) is 1. The minimum atomic E-state index is -0.905. The van der Waals surface area contributed by atoms with Crippen LogP contribution in [-0.4, -0.2) is 22.8 Å². The van der Waals surface area contributed by atoms with Crippen molar-refractivity contribution in [2.45, 2.75) is 38.3 Å². The van der Waals surface area contributed by atoms with Crippen LogP contribution in [0.25, 0.3) is 0 Å². The largest absolute Gasteiger partial charge is 0.368 e. The van der Waals surface area contributed by atoms with Crippen molar-refractivity contribution in [3.63, 3.8) is 0 Å². The highest BCUT2D eigenvalue weighted by molar-refractivity contribution is 4.68. The van der Waals surface area contributed by atoms with Gasteiger partial charge in [0, 0.05) is 12.8 Å². The summed E-state index contributed by atoms with van der Waals surface area (Å²) in [6.45, 7) is 7.04. The Morgan fingerprint density at radius 2 is 1.38 bits per heavy atom. The molecule has 0 rings (SSSR count). The van der Waals surface area contributed by atoms with Gasteiger partial charge in [0.05, 0.1) is 0 Å². The van der Waals surface area contributed by atoms with Gasteiger partial charge in [0.1, 0.15) is 0 Å². The van der Waals surface area contributed by atoms with Crippen LogP contribution in [0.1, 0.15) is 25.7 Å². The second-order valence-electron chi connectivity index (χ2n) is 2.78. The lowest BCUT2D eigenvalue weighted by atomic mass is 10.3. The number of rotatable bonds is 8. The summed E-state index contributed by atoms with van der Waals surface area (Å²) < 4.78 is 4.87. The van der Waals surface area contributed by atoms with Crippen molar-refractivity contribution < 1.29 is 14.9 Å². The third kappa shape index (κ3) is 7.71. The van der Waals surface area contributed by atoms with E-state index in [4.69, 9.17) is 4.74 Å². The minimum absolute atomic E-state index is 0.467. The van der Waals surface area contributed by atoms with E-state index in [0.717, 1.165) is 0 Å². The van der Waals surface area contributed by atoms with Gasteiger partial charge in [0.2, 0.25) is 0 Å². The standard InChI is InChI=1S/C10H18O3/c1-3-5-7-9(11)13-10(12)8-6-4-2/h3-4,9-12H,1-2,5-8H2. The molecule has 76 valence electrons. The Balaban J connectivity index is 3.45. The van der Waals surface area contributed by atoms with Crippen LogP contribution in [-0.2, 0) is 4.74 Å². The molecule has 0 saturated carbocycles. The van der Waals surface area contributed by atoms with Crippen molar-refractivity contribution in [3.05, 3.63) is 25.3 Å². The molecule has 2 atom stereocenters. The molecular formula is C10H18O3. The summed E-state index contributed by atoms with van der Waals surface area (Å²) in [7, 11) is 0. The third-order valence-electron chi connectivity index (χ3n) is 1.55. The fraction of sp³-hybridized carbons (Fsp3) is 0.600. The number of aliphatic hydroxyl groups excluding tert-OH is 2. The van der Waals surface area contributed by atoms with Gasteiger partial charge in [-0.1, -0.05) is 12.2 Å². The van der Waals surface area contributed by atoms with Crippen LogP contribution in [0.15, 0.2) is 25.3 Å². The summed E-state index contributed by atoms with van der Waals surface area (Å²) in [4.78, 5) is 0. The molecule has 0 aliphatic carbocycles. The Kier molecular flexibility index (Phi) is 7.59. The molecule has 3 heteroatoms. The van der Waals surface area contributed by atoms with Crippen molar-refractivity contribution in [3.8, 4) is 0 Å². The Morgan fingerprint density at radius 3 is 1.69 bits per heavy atom. The summed E-state index contributed by atoms with van der Waals surface area (Å²) in [5.74, 6) is 0. The monoisotopic (exact) mass is 186 g/mol. The predicted molar refractivity (Wildman–Crippen MR) is 52.0 cm³/mol.